The van der Waals surface area contributed by atoms with Crippen LogP contribution in [0.1, 0.15) is 5.56 Å². The van der Waals surface area contributed by atoms with E-state index in [4.69, 9.17) is 23.2 Å². The summed E-state index contributed by atoms with van der Waals surface area (Å²) in [5.74, 6) is -1.26. The van der Waals surface area contributed by atoms with Crippen LogP contribution in [0.2, 0.25) is 10.0 Å². The summed E-state index contributed by atoms with van der Waals surface area (Å²) in [5, 5.41) is 10.8. The van der Waals surface area contributed by atoms with Crippen molar-refractivity contribution in [3.8, 4) is 5.75 Å². The molecule has 5 nitrogen and oxygen atoms in total. The number of carbonyl (C=O) groups is 2. The Morgan fingerprint density at radius 3 is 2.26 bits per heavy atom. The molecule has 1 aliphatic heterocycles. The van der Waals surface area contributed by atoms with Crippen molar-refractivity contribution in [2.75, 3.05) is 5.01 Å². The van der Waals surface area contributed by atoms with Crippen molar-refractivity contribution in [2.45, 2.75) is 0 Å². The Bertz CT molecular complexity index is 811. The van der Waals surface area contributed by atoms with Crippen LogP contribution in [-0.2, 0) is 9.59 Å². The van der Waals surface area contributed by atoms with Crippen LogP contribution >= 0.6 is 23.2 Å². The number of halogens is 2. The van der Waals surface area contributed by atoms with Crippen molar-refractivity contribution in [3.05, 3.63) is 63.6 Å². The molecule has 0 radical (unpaired) electrons. The van der Waals surface area contributed by atoms with Gasteiger partial charge < -0.3 is 5.11 Å². The van der Waals surface area contributed by atoms with Crippen LogP contribution in [-0.4, -0.2) is 16.9 Å². The summed E-state index contributed by atoms with van der Waals surface area (Å²) in [6.07, 6.45) is 1.37. The van der Waals surface area contributed by atoms with E-state index in [1.165, 1.54) is 18.2 Å². The Hall–Kier alpha value is -2.50. The average Bonchev–Trinajstić information content (AvgIpc) is 2.81. The highest BCUT2D eigenvalue weighted by Gasteiger charge is 2.34. The number of anilines is 1. The number of rotatable bonds is 2. The molecule has 2 aromatic rings. The first-order chi connectivity index (χ1) is 11.0. The Balaban J connectivity index is 1.97. The van der Waals surface area contributed by atoms with Gasteiger partial charge in [0, 0.05) is 0 Å². The predicted octanol–water partition coefficient (Wildman–Crippen LogP) is 3.16. The van der Waals surface area contributed by atoms with E-state index in [2.05, 4.69) is 5.43 Å². The summed E-state index contributed by atoms with van der Waals surface area (Å²) >= 11 is 11.7. The molecule has 1 heterocycles. The summed E-state index contributed by atoms with van der Waals surface area (Å²) < 4.78 is 0. The SMILES string of the molecule is O=C1NN(c2ccccc2)C(=O)/C1=C/c1cc(Cl)c(O)c(Cl)c1. The molecule has 2 aromatic carbocycles. The molecule has 7 heteroatoms. The number of hydrogen-bond donors (Lipinski definition) is 2. The maximum atomic E-state index is 12.4. The van der Waals surface area contributed by atoms with Crippen LogP contribution in [0.25, 0.3) is 6.08 Å². The Morgan fingerprint density at radius 1 is 1.04 bits per heavy atom. The molecule has 0 bridgehead atoms. The maximum Gasteiger partial charge on any atom is 0.282 e. The maximum absolute atomic E-state index is 12.4. The fourth-order valence-electron chi connectivity index (χ4n) is 2.15. The molecular formula is C16H10Cl2N2O3. The highest BCUT2D eigenvalue weighted by atomic mass is 35.5. The molecule has 1 aliphatic rings. The van der Waals surface area contributed by atoms with Gasteiger partial charge in [-0.15, -0.1) is 0 Å². The first-order valence-electron chi connectivity index (χ1n) is 6.57. The van der Waals surface area contributed by atoms with Gasteiger partial charge in [0.05, 0.1) is 15.7 Å². The molecular weight excluding hydrogens is 339 g/mol. The molecule has 2 N–H and O–H groups in total. The molecule has 2 amide bonds. The van der Waals surface area contributed by atoms with Crippen LogP contribution < -0.4 is 10.4 Å². The summed E-state index contributed by atoms with van der Waals surface area (Å²) in [4.78, 5) is 24.5. The molecule has 0 aliphatic carbocycles. The Labute approximate surface area is 141 Å². The lowest BCUT2D eigenvalue weighted by atomic mass is 10.1. The minimum absolute atomic E-state index is 0.0371. The lowest BCUT2D eigenvalue weighted by Gasteiger charge is -2.13. The zero-order valence-electron chi connectivity index (χ0n) is 11.6. The first kappa shape index (κ1) is 15.4. The lowest BCUT2D eigenvalue weighted by molar-refractivity contribution is -0.117. The van der Waals surface area contributed by atoms with Gasteiger partial charge in [-0.1, -0.05) is 41.4 Å². The van der Waals surface area contributed by atoms with E-state index in [-0.39, 0.29) is 21.4 Å². The van der Waals surface area contributed by atoms with Gasteiger partial charge in [-0.25, -0.2) is 5.01 Å². The molecule has 116 valence electrons. The molecule has 3 rings (SSSR count). The number of carbonyl (C=O) groups excluding carboxylic acids is 2. The number of hydrazine groups is 1. The highest BCUT2D eigenvalue weighted by molar-refractivity contribution is 6.37. The van der Waals surface area contributed by atoms with E-state index < -0.39 is 11.8 Å². The minimum Gasteiger partial charge on any atom is -0.505 e. The highest BCUT2D eigenvalue weighted by Crippen LogP contribution is 2.33. The first-order valence-corrected chi connectivity index (χ1v) is 7.33. The standard InChI is InChI=1S/C16H10Cl2N2O3/c17-12-7-9(8-13(18)14(12)21)6-11-15(22)19-20(16(11)23)10-4-2-1-3-5-10/h1-8,21H,(H,19,22)/b11-6+. The monoisotopic (exact) mass is 348 g/mol. The largest absolute Gasteiger partial charge is 0.505 e. The second kappa shape index (κ2) is 5.95. The van der Waals surface area contributed by atoms with E-state index in [1.54, 1.807) is 24.3 Å². The van der Waals surface area contributed by atoms with Gasteiger partial charge in [-0.05, 0) is 35.9 Å². The van der Waals surface area contributed by atoms with Crippen LogP contribution in [0.3, 0.4) is 0 Å². The van der Waals surface area contributed by atoms with Crippen LogP contribution in [0.4, 0.5) is 5.69 Å². The Morgan fingerprint density at radius 2 is 1.65 bits per heavy atom. The number of nitrogens with one attached hydrogen (secondary N) is 1. The predicted molar refractivity (Wildman–Crippen MR) is 88.2 cm³/mol. The third kappa shape index (κ3) is 2.88. The number of para-hydroxylation sites is 1. The summed E-state index contributed by atoms with van der Waals surface area (Å²) in [7, 11) is 0. The minimum atomic E-state index is -0.529. The number of aromatic hydroxyl groups is 1. The zero-order chi connectivity index (χ0) is 16.6. The van der Waals surface area contributed by atoms with Gasteiger partial charge in [0.15, 0.2) is 5.75 Å². The number of hydrogen-bond acceptors (Lipinski definition) is 3. The lowest BCUT2D eigenvalue weighted by Crippen LogP contribution is -2.35. The van der Waals surface area contributed by atoms with Crippen molar-refractivity contribution in [2.24, 2.45) is 0 Å². The van der Waals surface area contributed by atoms with Crippen LogP contribution in [0.5, 0.6) is 5.75 Å². The van der Waals surface area contributed by atoms with Gasteiger partial charge >= 0.3 is 0 Å². The third-order valence-corrected chi connectivity index (χ3v) is 3.83. The van der Waals surface area contributed by atoms with Crippen molar-refractivity contribution in [1.82, 2.24) is 5.43 Å². The summed E-state index contributed by atoms with van der Waals surface area (Å²) in [6.45, 7) is 0. The smallest absolute Gasteiger partial charge is 0.282 e. The quantitative estimate of drug-likeness (QED) is 0.646. The second-order valence-corrected chi connectivity index (χ2v) is 5.62. The van der Waals surface area contributed by atoms with Crippen molar-refractivity contribution in [1.29, 1.82) is 0 Å². The number of nitrogens with zero attached hydrogens (tertiary/aromatic N) is 1. The van der Waals surface area contributed by atoms with Crippen LogP contribution in [0, 0.1) is 0 Å². The van der Waals surface area contributed by atoms with Crippen molar-refractivity contribution < 1.29 is 14.7 Å². The molecule has 0 aromatic heterocycles. The normalized spacial score (nSPS) is 16.1. The Kier molecular flexibility index (Phi) is 3.98. The van der Waals surface area contributed by atoms with E-state index in [9.17, 15) is 14.7 Å². The molecule has 0 unspecified atom stereocenters. The van der Waals surface area contributed by atoms with Gasteiger partial charge in [-0.3, -0.25) is 15.0 Å². The molecule has 0 atom stereocenters. The van der Waals surface area contributed by atoms with E-state index in [0.717, 1.165) is 5.01 Å². The fraction of sp³-hybridized carbons (Fsp3) is 0. The zero-order valence-corrected chi connectivity index (χ0v) is 13.1. The molecule has 0 spiro atoms. The molecule has 0 saturated carbocycles. The second-order valence-electron chi connectivity index (χ2n) is 4.81. The number of phenols is 1. The molecule has 1 fully saturated rings. The van der Waals surface area contributed by atoms with E-state index in [0.29, 0.717) is 11.3 Å². The van der Waals surface area contributed by atoms with Gasteiger partial charge in [-0.2, -0.15) is 0 Å². The summed E-state index contributed by atoms with van der Waals surface area (Å²) in [6, 6.07) is 11.6. The van der Waals surface area contributed by atoms with Crippen LogP contribution in [0.15, 0.2) is 48.0 Å². The number of phenolic OH excluding ortho intramolecular Hbond substituents is 1. The molecule has 23 heavy (non-hydrogen) atoms. The fourth-order valence-corrected chi connectivity index (χ4v) is 2.66. The topological polar surface area (TPSA) is 69.6 Å². The molecule has 1 saturated heterocycles. The van der Waals surface area contributed by atoms with E-state index >= 15 is 0 Å². The third-order valence-electron chi connectivity index (χ3n) is 3.26. The van der Waals surface area contributed by atoms with Gasteiger partial charge in [0.2, 0.25) is 0 Å². The average molecular weight is 349 g/mol. The number of benzene rings is 2. The van der Waals surface area contributed by atoms with Gasteiger partial charge in [0.1, 0.15) is 5.57 Å². The summed E-state index contributed by atoms with van der Waals surface area (Å²) in [5.41, 5.74) is 3.43. The van der Waals surface area contributed by atoms with Crippen molar-refractivity contribution in [3.63, 3.8) is 0 Å². The van der Waals surface area contributed by atoms with E-state index in [1.807, 2.05) is 6.07 Å². The van der Waals surface area contributed by atoms with Crippen molar-refractivity contribution >= 4 is 46.8 Å². The number of amides is 2. The van der Waals surface area contributed by atoms with Gasteiger partial charge in [0.25, 0.3) is 11.8 Å².